The summed E-state index contributed by atoms with van der Waals surface area (Å²) in [4.78, 5) is 24.0. The minimum atomic E-state index is -0.164. The number of benzene rings is 1. The summed E-state index contributed by atoms with van der Waals surface area (Å²) < 4.78 is 0. The highest BCUT2D eigenvalue weighted by Crippen LogP contribution is 2.36. The Kier molecular flexibility index (Phi) is 6.68. The Hall–Kier alpha value is -2.44. The van der Waals surface area contributed by atoms with Crippen molar-refractivity contribution in [3.05, 3.63) is 48.2 Å². The molecule has 23 heavy (non-hydrogen) atoms. The average molecular weight is 332 g/mol. The quantitative estimate of drug-likeness (QED) is 0.444. The van der Waals surface area contributed by atoms with Crippen molar-refractivity contribution < 1.29 is 14.7 Å². The Morgan fingerprint density at radius 2 is 1.87 bits per heavy atom. The zero-order valence-electron chi connectivity index (χ0n) is 13.3. The third kappa shape index (κ3) is 4.77. The van der Waals surface area contributed by atoms with Crippen molar-refractivity contribution in [2.45, 2.75) is 13.8 Å². The molecular formula is C17H20N2O3S. The number of nitrogen functional groups attached to an aromatic ring is 1. The Morgan fingerprint density at radius 1 is 1.22 bits per heavy atom. The summed E-state index contributed by atoms with van der Waals surface area (Å²) in [6.45, 7) is 6.58. The molecule has 0 amide bonds. The highest BCUT2D eigenvalue weighted by molar-refractivity contribution is 7.19. The molecule has 2 aromatic rings. The number of anilines is 2. The van der Waals surface area contributed by atoms with Crippen LogP contribution in [0.25, 0.3) is 10.4 Å². The summed E-state index contributed by atoms with van der Waals surface area (Å²) in [5.41, 5.74) is 8.18. The number of carbonyl (C=O) groups excluding carboxylic acids is 2. The third-order valence-corrected chi connectivity index (χ3v) is 4.07. The van der Waals surface area contributed by atoms with E-state index in [9.17, 15) is 9.59 Å². The Labute approximate surface area is 139 Å². The SMILES string of the molecule is C=C(Nc1sc(-c2cccc(N)c2)cc1C(C)=O)C(C)=O.CO. The fraction of sp³-hybridized carbons (Fsp3) is 0.176. The number of nitrogens with two attached hydrogens (primary N) is 1. The largest absolute Gasteiger partial charge is 0.400 e. The van der Waals surface area contributed by atoms with Crippen LogP contribution >= 0.6 is 11.3 Å². The number of rotatable bonds is 5. The lowest BCUT2D eigenvalue weighted by molar-refractivity contribution is -0.113. The second kappa shape index (κ2) is 8.26. The van der Waals surface area contributed by atoms with E-state index in [-0.39, 0.29) is 17.3 Å². The Balaban J connectivity index is 0.00000127. The van der Waals surface area contributed by atoms with Gasteiger partial charge < -0.3 is 16.2 Å². The minimum Gasteiger partial charge on any atom is -0.400 e. The monoisotopic (exact) mass is 332 g/mol. The third-order valence-electron chi connectivity index (χ3n) is 2.97. The summed E-state index contributed by atoms with van der Waals surface area (Å²) in [6, 6.07) is 9.24. The van der Waals surface area contributed by atoms with E-state index in [1.165, 1.54) is 25.2 Å². The molecule has 0 bridgehead atoms. The molecule has 0 aliphatic carbocycles. The summed E-state index contributed by atoms with van der Waals surface area (Å²) in [6.07, 6.45) is 0. The molecule has 0 atom stereocenters. The Morgan fingerprint density at radius 3 is 2.39 bits per heavy atom. The van der Waals surface area contributed by atoms with Crippen molar-refractivity contribution in [3.63, 3.8) is 0 Å². The lowest BCUT2D eigenvalue weighted by Gasteiger charge is -2.05. The molecular weight excluding hydrogens is 312 g/mol. The first-order chi connectivity index (χ1) is 10.9. The van der Waals surface area contributed by atoms with Crippen LogP contribution in [0, 0.1) is 0 Å². The van der Waals surface area contributed by atoms with Gasteiger partial charge in [-0.15, -0.1) is 11.3 Å². The van der Waals surface area contributed by atoms with Crippen molar-refractivity contribution in [3.8, 4) is 10.4 Å². The van der Waals surface area contributed by atoms with E-state index in [4.69, 9.17) is 10.8 Å². The number of ketones is 2. The number of allylic oxidation sites excluding steroid dienone is 1. The van der Waals surface area contributed by atoms with Gasteiger partial charge in [0.05, 0.1) is 11.3 Å². The first kappa shape index (κ1) is 18.6. The van der Waals surface area contributed by atoms with Crippen LogP contribution in [0.4, 0.5) is 10.7 Å². The van der Waals surface area contributed by atoms with E-state index in [0.717, 1.165) is 17.6 Å². The van der Waals surface area contributed by atoms with Crippen LogP contribution in [0.15, 0.2) is 42.6 Å². The number of thiophene rings is 1. The molecule has 0 saturated carbocycles. The second-order valence-electron chi connectivity index (χ2n) is 4.69. The van der Waals surface area contributed by atoms with E-state index in [1.54, 1.807) is 12.1 Å². The van der Waals surface area contributed by atoms with Crippen molar-refractivity contribution in [1.29, 1.82) is 0 Å². The van der Waals surface area contributed by atoms with Crippen LogP contribution in [0.5, 0.6) is 0 Å². The normalized spacial score (nSPS) is 9.57. The van der Waals surface area contributed by atoms with Crippen LogP contribution in [-0.2, 0) is 4.79 Å². The maximum absolute atomic E-state index is 11.8. The zero-order chi connectivity index (χ0) is 17.6. The van der Waals surface area contributed by atoms with Crippen molar-refractivity contribution >= 4 is 33.6 Å². The van der Waals surface area contributed by atoms with Gasteiger partial charge in [0.25, 0.3) is 0 Å². The van der Waals surface area contributed by atoms with E-state index < -0.39 is 0 Å². The van der Waals surface area contributed by atoms with Gasteiger partial charge >= 0.3 is 0 Å². The number of Topliss-reactive ketones (excluding diaryl/α,β-unsaturated/α-hetero) is 2. The first-order valence-electron chi connectivity index (χ1n) is 6.80. The number of carbonyl (C=O) groups is 2. The molecule has 5 nitrogen and oxygen atoms in total. The number of hydrogen-bond donors (Lipinski definition) is 3. The lowest BCUT2D eigenvalue weighted by atomic mass is 10.1. The van der Waals surface area contributed by atoms with Gasteiger partial charge in [-0.05, 0) is 30.7 Å². The minimum absolute atomic E-state index is 0.0692. The van der Waals surface area contributed by atoms with Crippen molar-refractivity contribution in [2.24, 2.45) is 0 Å². The number of aliphatic hydroxyl groups excluding tert-OH is 1. The number of nitrogens with one attached hydrogen (secondary N) is 1. The number of aliphatic hydroxyl groups is 1. The van der Waals surface area contributed by atoms with E-state index in [1.807, 2.05) is 18.2 Å². The molecule has 2 rings (SSSR count). The fourth-order valence-electron chi connectivity index (χ4n) is 1.80. The molecule has 0 saturated heterocycles. The first-order valence-corrected chi connectivity index (χ1v) is 7.62. The standard InChI is InChI=1S/C16H16N2O2S.CH4O/c1-9(10(2)19)18-16-14(11(3)20)8-15(21-16)12-5-4-6-13(17)7-12;1-2/h4-8,18H,1,17H2,2-3H3;2H,1H3. The van der Waals surface area contributed by atoms with Crippen LogP contribution in [0.3, 0.4) is 0 Å². The highest BCUT2D eigenvalue weighted by Gasteiger charge is 2.15. The molecule has 6 heteroatoms. The van der Waals surface area contributed by atoms with E-state index in [0.29, 0.717) is 16.3 Å². The summed E-state index contributed by atoms with van der Waals surface area (Å²) >= 11 is 1.39. The number of hydrogen-bond acceptors (Lipinski definition) is 6. The molecule has 0 aliphatic rings. The zero-order valence-corrected chi connectivity index (χ0v) is 14.2. The topological polar surface area (TPSA) is 92.4 Å². The predicted octanol–water partition coefficient (Wildman–Crippen LogP) is 3.32. The van der Waals surface area contributed by atoms with Gasteiger partial charge in [-0.1, -0.05) is 18.7 Å². The van der Waals surface area contributed by atoms with Gasteiger partial charge in [0.1, 0.15) is 5.00 Å². The molecule has 4 N–H and O–H groups in total. The molecule has 1 aromatic heterocycles. The van der Waals surface area contributed by atoms with Gasteiger partial charge in [-0.3, -0.25) is 9.59 Å². The summed E-state index contributed by atoms with van der Waals surface area (Å²) in [5.74, 6) is -0.233. The summed E-state index contributed by atoms with van der Waals surface area (Å²) in [7, 11) is 1.00. The molecule has 122 valence electrons. The molecule has 1 heterocycles. The maximum atomic E-state index is 11.8. The molecule has 0 unspecified atom stereocenters. The van der Waals surface area contributed by atoms with Crippen LogP contribution in [0.1, 0.15) is 24.2 Å². The molecule has 0 radical (unpaired) electrons. The van der Waals surface area contributed by atoms with E-state index >= 15 is 0 Å². The lowest BCUT2D eigenvalue weighted by Crippen LogP contribution is -2.07. The molecule has 0 fully saturated rings. The van der Waals surface area contributed by atoms with Gasteiger partial charge in [-0.2, -0.15) is 0 Å². The Bertz CT molecular complexity index is 735. The smallest absolute Gasteiger partial charge is 0.175 e. The molecule has 0 spiro atoms. The van der Waals surface area contributed by atoms with Crippen LogP contribution in [-0.4, -0.2) is 23.8 Å². The maximum Gasteiger partial charge on any atom is 0.175 e. The van der Waals surface area contributed by atoms with Crippen molar-refractivity contribution in [1.82, 2.24) is 0 Å². The average Bonchev–Trinajstić information content (AvgIpc) is 2.93. The second-order valence-corrected chi connectivity index (χ2v) is 5.75. The van der Waals surface area contributed by atoms with Crippen molar-refractivity contribution in [2.75, 3.05) is 18.2 Å². The summed E-state index contributed by atoms with van der Waals surface area (Å²) in [5, 5.41) is 10.5. The highest BCUT2D eigenvalue weighted by atomic mass is 32.1. The van der Waals surface area contributed by atoms with Gasteiger partial charge in [0.2, 0.25) is 0 Å². The van der Waals surface area contributed by atoms with E-state index in [2.05, 4.69) is 11.9 Å². The molecule has 0 aliphatic heterocycles. The van der Waals surface area contributed by atoms with Crippen LogP contribution in [0.2, 0.25) is 0 Å². The fourth-order valence-corrected chi connectivity index (χ4v) is 2.93. The van der Waals surface area contributed by atoms with Crippen LogP contribution < -0.4 is 11.1 Å². The molecule has 1 aromatic carbocycles. The van der Waals surface area contributed by atoms with Gasteiger partial charge in [0, 0.05) is 24.6 Å². The van der Waals surface area contributed by atoms with Gasteiger partial charge in [0.15, 0.2) is 11.6 Å². The van der Waals surface area contributed by atoms with Gasteiger partial charge in [-0.25, -0.2) is 0 Å². The predicted molar refractivity (Wildman–Crippen MR) is 95.8 cm³/mol.